The van der Waals surface area contributed by atoms with Gasteiger partial charge in [-0.05, 0) is 33.8 Å². The van der Waals surface area contributed by atoms with Crippen LogP contribution in [-0.2, 0) is 11.3 Å². The first-order valence-corrected chi connectivity index (χ1v) is 6.11. The lowest BCUT2D eigenvalue weighted by Gasteiger charge is -2.38. The molecule has 1 fully saturated rings. The van der Waals surface area contributed by atoms with Crippen LogP contribution in [0, 0.1) is 0 Å². The fourth-order valence-electron chi connectivity index (χ4n) is 1.57. The van der Waals surface area contributed by atoms with Crippen molar-refractivity contribution >= 4 is 33.2 Å². The maximum Gasteiger partial charge on any atom is 0.234 e. The van der Waals surface area contributed by atoms with Gasteiger partial charge in [0, 0.05) is 22.4 Å². The van der Waals surface area contributed by atoms with Crippen LogP contribution in [0.2, 0.25) is 0 Å². The van der Waals surface area contributed by atoms with Gasteiger partial charge < -0.3 is 5.73 Å². The Morgan fingerprint density at radius 2 is 2.57 bits per heavy atom. The first kappa shape index (κ1) is 10.1. The Morgan fingerprint density at radius 3 is 3.00 bits per heavy atom. The topological polar surface area (TPSA) is 46.3 Å². The summed E-state index contributed by atoms with van der Waals surface area (Å²) in [6, 6.07) is 1.97. The summed E-state index contributed by atoms with van der Waals surface area (Å²) in [6.07, 6.45) is 0.901. The van der Waals surface area contributed by atoms with Crippen LogP contribution in [0.25, 0.3) is 0 Å². The number of primary amides is 1. The van der Waals surface area contributed by atoms with E-state index in [1.54, 1.807) is 11.3 Å². The van der Waals surface area contributed by atoms with E-state index in [0.29, 0.717) is 0 Å². The lowest BCUT2D eigenvalue weighted by molar-refractivity contribution is -0.127. The molecule has 1 aliphatic heterocycles. The predicted octanol–water partition coefficient (Wildman–Crippen LogP) is 1.57. The highest BCUT2D eigenvalue weighted by Crippen LogP contribution is 2.28. The van der Waals surface area contributed by atoms with Gasteiger partial charge in [-0.25, -0.2) is 0 Å². The number of carbonyl (C=O) groups is 1. The van der Waals surface area contributed by atoms with Crippen molar-refractivity contribution in [3.63, 3.8) is 0 Å². The third kappa shape index (κ3) is 1.85. The zero-order chi connectivity index (χ0) is 10.1. The molecule has 1 aromatic rings. The number of nitrogens with two attached hydrogens (primary N) is 1. The van der Waals surface area contributed by atoms with E-state index < -0.39 is 0 Å². The number of hydrogen-bond acceptors (Lipinski definition) is 3. The summed E-state index contributed by atoms with van der Waals surface area (Å²) in [5, 5.41) is 2.04. The van der Waals surface area contributed by atoms with Crippen LogP contribution in [0.5, 0.6) is 0 Å². The molecule has 0 aromatic carbocycles. The highest BCUT2D eigenvalue weighted by Gasteiger charge is 2.32. The van der Waals surface area contributed by atoms with Crippen molar-refractivity contribution in [2.75, 3.05) is 6.54 Å². The average molecular weight is 275 g/mol. The third-order valence-corrected chi connectivity index (χ3v) is 4.41. The van der Waals surface area contributed by atoms with E-state index in [0.717, 1.165) is 24.0 Å². The monoisotopic (exact) mass is 274 g/mol. The van der Waals surface area contributed by atoms with Crippen molar-refractivity contribution in [1.29, 1.82) is 0 Å². The van der Waals surface area contributed by atoms with Crippen LogP contribution in [0.3, 0.4) is 0 Å². The molecule has 1 unspecified atom stereocenters. The Labute approximate surface area is 95.0 Å². The lowest BCUT2D eigenvalue weighted by atomic mass is 10.0. The molecule has 5 heteroatoms. The van der Waals surface area contributed by atoms with Crippen LogP contribution in [0.15, 0.2) is 15.9 Å². The fraction of sp³-hybridized carbons (Fsp3) is 0.444. The fourth-order valence-corrected chi connectivity index (χ4v) is 3.08. The number of halogens is 1. The van der Waals surface area contributed by atoms with E-state index in [1.807, 2.05) is 11.4 Å². The SMILES string of the molecule is NC(=O)C1CCN1Cc1sccc1Br. The summed E-state index contributed by atoms with van der Waals surface area (Å²) in [4.78, 5) is 14.3. The van der Waals surface area contributed by atoms with Crippen LogP contribution in [0.1, 0.15) is 11.3 Å². The largest absolute Gasteiger partial charge is 0.368 e. The summed E-state index contributed by atoms with van der Waals surface area (Å²) >= 11 is 5.17. The average Bonchev–Trinajstić information content (AvgIpc) is 2.44. The molecule has 1 atom stereocenters. The maximum atomic E-state index is 11.0. The Hall–Kier alpha value is -0.390. The molecule has 76 valence electrons. The lowest BCUT2D eigenvalue weighted by Crippen LogP contribution is -2.54. The van der Waals surface area contributed by atoms with E-state index in [9.17, 15) is 4.79 Å². The number of nitrogens with zero attached hydrogens (tertiary/aromatic N) is 1. The van der Waals surface area contributed by atoms with Crippen LogP contribution >= 0.6 is 27.3 Å². The van der Waals surface area contributed by atoms with Gasteiger partial charge in [-0.1, -0.05) is 0 Å². The van der Waals surface area contributed by atoms with Gasteiger partial charge >= 0.3 is 0 Å². The first-order chi connectivity index (χ1) is 6.68. The van der Waals surface area contributed by atoms with Crippen LogP contribution in [0.4, 0.5) is 0 Å². The molecule has 0 aliphatic carbocycles. The molecule has 0 radical (unpaired) electrons. The number of likely N-dealkylation sites (tertiary alicyclic amines) is 1. The van der Waals surface area contributed by atoms with Gasteiger partial charge in [0.15, 0.2) is 0 Å². The number of amides is 1. The van der Waals surface area contributed by atoms with Crippen LogP contribution < -0.4 is 5.73 Å². The quantitative estimate of drug-likeness (QED) is 0.910. The minimum atomic E-state index is -0.205. The van der Waals surface area contributed by atoms with Gasteiger partial charge in [0.05, 0.1) is 6.04 Å². The Bertz CT molecular complexity index is 352. The minimum Gasteiger partial charge on any atom is -0.368 e. The molecule has 3 nitrogen and oxygen atoms in total. The van der Waals surface area contributed by atoms with Gasteiger partial charge in [0.1, 0.15) is 0 Å². The zero-order valence-corrected chi connectivity index (χ0v) is 9.97. The van der Waals surface area contributed by atoms with E-state index in [1.165, 1.54) is 4.88 Å². The van der Waals surface area contributed by atoms with Gasteiger partial charge in [0.2, 0.25) is 5.91 Å². The number of thiophene rings is 1. The molecule has 1 aromatic heterocycles. The summed E-state index contributed by atoms with van der Waals surface area (Å²) < 4.78 is 1.12. The third-order valence-electron chi connectivity index (χ3n) is 2.50. The summed E-state index contributed by atoms with van der Waals surface area (Å²) in [5.74, 6) is -0.205. The first-order valence-electron chi connectivity index (χ1n) is 4.43. The van der Waals surface area contributed by atoms with Gasteiger partial charge in [-0.2, -0.15) is 0 Å². The molecule has 1 aliphatic rings. The van der Waals surface area contributed by atoms with Crippen molar-refractivity contribution in [1.82, 2.24) is 4.90 Å². The summed E-state index contributed by atoms with van der Waals surface area (Å²) in [5.41, 5.74) is 5.27. The Kier molecular flexibility index (Phi) is 2.90. The van der Waals surface area contributed by atoms with Crippen molar-refractivity contribution < 1.29 is 4.79 Å². The second-order valence-corrected chi connectivity index (χ2v) is 5.22. The highest BCUT2D eigenvalue weighted by atomic mass is 79.9. The Morgan fingerprint density at radius 1 is 1.79 bits per heavy atom. The second-order valence-electron chi connectivity index (χ2n) is 3.37. The number of hydrogen-bond donors (Lipinski definition) is 1. The molecule has 2 N–H and O–H groups in total. The van der Waals surface area contributed by atoms with Crippen molar-refractivity contribution in [3.05, 3.63) is 20.8 Å². The van der Waals surface area contributed by atoms with E-state index in [2.05, 4.69) is 20.8 Å². The zero-order valence-electron chi connectivity index (χ0n) is 7.57. The van der Waals surface area contributed by atoms with Crippen molar-refractivity contribution in [3.8, 4) is 0 Å². The molecular formula is C9H11BrN2OS. The van der Waals surface area contributed by atoms with Crippen LogP contribution in [-0.4, -0.2) is 23.4 Å². The molecular weight excluding hydrogens is 264 g/mol. The molecule has 2 rings (SSSR count). The smallest absolute Gasteiger partial charge is 0.234 e. The summed E-state index contributed by atoms with van der Waals surface area (Å²) in [6.45, 7) is 1.80. The molecule has 1 amide bonds. The molecule has 0 spiro atoms. The normalized spacial score (nSPS) is 21.9. The Balaban J connectivity index is 1.99. The second kappa shape index (κ2) is 4.00. The van der Waals surface area contributed by atoms with E-state index in [-0.39, 0.29) is 11.9 Å². The van der Waals surface area contributed by atoms with Crippen molar-refractivity contribution in [2.24, 2.45) is 5.73 Å². The molecule has 0 saturated carbocycles. The standard InChI is InChI=1S/C9H11BrN2OS/c10-6-2-4-14-8(6)5-12-3-1-7(12)9(11)13/h2,4,7H,1,3,5H2,(H2,11,13). The molecule has 2 heterocycles. The van der Waals surface area contributed by atoms with E-state index >= 15 is 0 Å². The van der Waals surface area contributed by atoms with E-state index in [4.69, 9.17) is 5.73 Å². The van der Waals surface area contributed by atoms with Crippen molar-refractivity contribution in [2.45, 2.75) is 19.0 Å². The summed E-state index contributed by atoms with van der Waals surface area (Å²) in [7, 11) is 0. The van der Waals surface area contributed by atoms with Gasteiger partial charge in [0.25, 0.3) is 0 Å². The number of carbonyl (C=O) groups excluding carboxylic acids is 1. The molecule has 1 saturated heterocycles. The predicted molar refractivity (Wildman–Crippen MR) is 60.0 cm³/mol. The molecule has 0 bridgehead atoms. The number of rotatable bonds is 3. The highest BCUT2D eigenvalue weighted by molar-refractivity contribution is 9.10. The van der Waals surface area contributed by atoms with Gasteiger partial charge in [-0.3, -0.25) is 9.69 Å². The molecule has 14 heavy (non-hydrogen) atoms. The van der Waals surface area contributed by atoms with Gasteiger partial charge in [-0.15, -0.1) is 11.3 Å². The maximum absolute atomic E-state index is 11.0. The minimum absolute atomic E-state index is 0.0519.